The van der Waals surface area contributed by atoms with Crippen molar-refractivity contribution in [3.05, 3.63) is 39.4 Å². The summed E-state index contributed by atoms with van der Waals surface area (Å²) in [6.45, 7) is 8.17. The van der Waals surface area contributed by atoms with Crippen LogP contribution in [0.4, 0.5) is 5.69 Å². The molecule has 0 atom stereocenters. The number of nitrogens with one attached hydrogen (secondary N) is 1. The summed E-state index contributed by atoms with van der Waals surface area (Å²) in [5, 5.41) is 7.73. The predicted octanol–water partition coefficient (Wildman–Crippen LogP) is 0.0238. The number of hydrogen-bond donors (Lipinski definition) is 2. The Morgan fingerprint density at radius 1 is 1.00 bits per heavy atom. The number of nitrogens with zero attached hydrogens (tertiary/aromatic N) is 4. The standard InChI is InChI=1S/C21H30N6O3/c22-15-19-17(23)1-2-20-24-18(4-6-26-9-13-30-14-10-26)16(21(28)27(19)20)3-5-25-7-11-29-12-8-25/h1-2,15,22H,3-14,23H2. The summed E-state index contributed by atoms with van der Waals surface area (Å²) in [6, 6.07) is 3.47. The lowest BCUT2D eigenvalue weighted by atomic mass is 10.1. The number of rotatable bonds is 7. The van der Waals surface area contributed by atoms with E-state index in [0.29, 0.717) is 29.9 Å². The highest BCUT2D eigenvalue weighted by atomic mass is 16.5. The first-order valence-electron chi connectivity index (χ1n) is 10.6. The van der Waals surface area contributed by atoms with Crippen molar-refractivity contribution in [2.75, 3.05) is 71.4 Å². The van der Waals surface area contributed by atoms with Crippen molar-refractivity contribution >= 4 is 17.5 Å². The lowest BCUT2D eigenvalue weighted by Gasteiger charge is -2.27. The third-order valence-corrected chi connectivity index (χ3v) is 5.92. The average molecular weight is 415 g/mol. The minimum Gasteiger partial charge on any atom is -0.397 e. The molecule has 2 aromatic heterocycles. The molecule has 0 spiro atoms. The Balaban J connectivity index is 1.66. The first-order chi connectivity index (χ1) is 14.7. The smallest absolute Gasteiger partial charge is 0.261 e. The Morgan fingerprint density at radius 2 is 1.60 bits per heavy atom. The van der Waals surface area contributed by atoms with Crippen molar-refractivity contribution in [2.45, 2.75) is 12.8 Å². The molecule has 0 saturated carbocycles. The summed E-state index contributed by atoms with van der Waals surface area (Å²) >= 11 is 0. The van der Waals surface area contributed by atoms with E-state index in [9.17, 15) is 4.79 Å². The highest BCUT2D eigenvalue weighted by Gasteiger charge is 2.19. The fraction of sp³-hybridized carbons (Fsp3) is 0.571. The van der Waals surface area contributed by atoms with Crippen LogP contribution in [0.2, 0.25) is 0 Å². The van der Waals surface area contributed by atoms with E-state index in [1.165, 1.54) is 4.40 Å². The second-order valence-corrected chi connectivity index (χ2v) is 7.76. The van der Waals surface area contributed by atoms with E-state index >= 15 is 0 Å². The summed E-state index contributed by atoms with van der Waals surface area (Å²) in [4.78, 5) is 23.0. The van der Waals surface area contributed by atoms with Crippen molar-refractivity contribution in [2.24, 2.45) is 0 Å². The number of aromatic nitrogens is 2. The fourth-order valence-electron chi connectivity index (χ4n) is 4.13. The number of nitrogens with two attached hydrogens (primary N) is 1. The molecule has 0 aromatic carbocycles. The molecule has 162 valence electrons. The zero-order valence-corrected chi connectivity index (χ0v) is 17.3. The summed E-state index contributed by atoms with van der Waals surface area (Å²) < 4.78 is 12.3. The summed E-state index contributed by atoms with van der Waals surface area (Å²) in [7, 11) is 0. The minimum absolute atomic E-state index is 0.115. The van der Waals surface area contributed by atoms with Gasteiger partial charge in [-0.1, -0.05) is 0 Å². The van der Waals surface area contributed by atoms with Gasteiger partial charge in [-0.3, -0.25) is 19.0 Å². The molecule has 2 aliphatic heterocycles. The first-order valence-corrected chi connectivity index (χ1v) is 10.6. The van der Waals surface area contributed by atoms with Crippen LogP contribution in [0.1, 0.15) is 17.0 Å². The van der Waals surface area contributed by atoms with Gasteiger partial charge >= 0.3 is 0 Å². The van der Waals surface area contributed by atoms with Crippen LogP contribution in [0.25, 0.3) is 5.65 Å². The van der Waals surface area contributed by atoms with Crippen molar-refractivity contribution < 1.29 is 9.47 Å². The van der Waals surface area contributed by atoms with Crippen LogP contribution in [0.5, 0.6) is 0 Å². The van der Waals surface area contributed by atoms with Gasteiger partial charge in [-0.15, -0.1) is 0 Å². The van der Waals surface area contributed by atoms with E-state index in [2.05, 4.69) is 9.80 Å². The molecule has 0 aliphatic carbocycles. The number of ether oxygens (including phenoxy) is 2. The second-order valence-electron chi connectivity index (χ2n) is 7.76. The molecule has 9 nitrogen and oxygen atoms in total. The molecule has 2 aromatic rings. The molecule has 0 unspecified atom stereocenters. The van der Waals surface area contributed by atoms with Gasteiger partial charge in [-0.2, -0.15) is 0 Å². The SMILES string of the molecule is N=Cc1c(N)ccc2nc(CCN3CCOCC3)c(CCN3CCOCC3)c(=O)n12. The number of fused-ring (bicyclic) bond motifs is 1. The normalized spacial score (nSPS) is 18.7. The van der Waals surface area contributed by atoms with Crippen molar-refractivity contribution in [1.82, 2.24) is 19.2 Å². The molecule has 2 fully saturated rings. The van der Waals surface area contributed by atoms with Crippen molar-refractivity contribution in [3.8, 4) is 0 Å². The lowest BCUT2D eigenvalue weighted by molar-refractivity contribution is 0.0376. The summed E-state index contributed by atoms with van der Waals surface area (Å²) in [5.74, 6) is 0. The minimum atomic E-state index is -0.115. The topological polar surface area (TPSA) is 109 Å². The Kier molecular flexibility index (Phi) is 6.73. The van der Waals surface area contributed by atoms with E-state index in [1.54, 1.807) is 12.1 Å². The zero-order valence-electron chi connectivity index (χ0n) is 17.3. The van der Waals surface area contributed by atoms with Crippen molar-refractivity contribution in [1.29, 1.82) is 5.41 Å². The molecule has 2 saturated heterocycles. The third kappa shape index (κ3) is 4.54. The highest BCUT2D eigenvalue weighted by molar-refractivity contribution is 5.83. The molecule has 0 bridgehead atoms. The van der Waals surface area contributed by atoms with Crippen LogP contribution >= 0.6 is 0 Å². The molecule has 2 aliphatic rings. The maximum Gasteiger partial charge on any atom is 0.261 e. The van der Waals surface area contributed by atoms with Gasteiger partial charge in [0.15, 0.2) is 0 Å². The van der Waals surface area contributed by atoms with E-state index in [4.69, 9.17) is 25.6 Å². The zero-order chi connectivity index (χ0) is 20.9. The molecule has 9 heteroatoms. The fourth-order valence-corrected chi connectivity index (χ4v) is 4.13. The van der Waals surface area contributed by atoms with Gasteiger partial charge in [-0.25, -0.2) is 4.98 Å². The maximum atomic E-state index is 13.5. The van der Waals surface area contributed by atoms with E-state index in [1.807, 2.05) is 0 Å². The van der Waals surface area contributed by atoms with Crippen LogP contribution < -0.4 is 11.3 Å². The van der Waals surface area contributed by atoms with Crippen LogP contribution in [-0.2, 0) is 22.3 Å². The summed E-state index contributed by atoms with van der Waals surface area (Å²) in [6.07, 6.45) is 2.47. The maximum absolute atomic E-state index is 13.5. The van der Waals surface area contributed by atoms with Crippen LogP contribution in [0.15, 0.2) is 16.9 Å². The molecule has 30 heavy (non-hydrogen) atoms. The Morgan fingerprint density at radius 3 is 2.20 bits per heavy atom. The Labute approximate surface area is 175 Å². The quantitative estimate of drug-likeness (QED) is 0.615. The lowest BCUT2D eigenvalue weighted by Crippen LogP contribution is -2.39. The van der Waals surface area contributed by atoms with E-state index in [-0.39, 0.29) is 5.56 Å². The molecular weight excluding hydrogens is 384 g/mol. The van der Waals surface area contributed by atoms with E-state index < -0.39 is 0 Å². The molecule has 3 N–H and O–H groups in total. The third-order valence-electron chi connectivity index (χ3n) is 5.92. The van der Waals surface area contributed by atoms with Gasteiger partial charge in [0.1, 0.15) is 5.65 Å². The summed E-state index contributed by atoms with van der Waals surface area (Å²) in [5.41, 5.74) is 8.81. The molecule has 0 radical (unpaired) electrons. The Hall–Kier alpha value is -2.33. The predicted molar refractivity (Wildman–Crippen MR) is 116 cm³/mol. The number of pyridine rings is 1. The van der Waals surface area contributed by atoms with Gasteiger partial charge in [0, 0.05) is 57.5 Å². The van der Waals surface area contributed by atoms with Gasteiger partial charge in [-0.05, 0) is 18.6 Å². The highest BCUT2D eigenvalue weighted by Crippen LogP contribution is 2.15. The van der Waals surface area contributed by atoms with Gasteiger partial charge in [0.05, 0.1) is 43.5 Å². The van der Waals surface area contributed by atoms with Crippen LogP contribution in [0.3, 0.4) is 0 Å². The number of nitrogen functional groups attached to an aromatic ring is 1. The van der Waals surface area contributed by atoms with Gasteiger partial charge in [0.2, 0.25) is 0 Å². The van der Waals surface area contributed by atoms with Gasteiger partial charge in [0.25, 0.3) is 5.56 Å². The molecular formula is C21H30N6O3. The number of morpholine rings is 2. The van der Waals surface area contributed by atoms with Crippen LogP contribution in [0, 0.1) is 5.41 Å². The van der Waals surface area contributed by atoms with Crippen molar-refractivity contribution in [3.63, 3.8) is 0 Å². The molecule has 0 amide bonds. The molecule has 4 rings (SSSR count). The van der Waals surface area contributed by atoms with Crippen LogP contribution in [-0.4, -0.2) is 91.1 Å². The molecule has 4 heterocycles. The average Bonchev–Trinajstić information content (AvgIpc) is 2.79. The Bertz CT molecular complexity index is 948. The monoisotopic (exact) mass is 414 g/mol. The van der Waals surface area contributed by atoms with E-state index in [0.717, 1.165) is 83.2 Å². The number of hydrogen-bond acceptors (Lipinski definition) is 8. The largest absolute Gasteiger partial charge is 0.397 e. The second kappa shape index (κ2) is 9.65. The van der Waals surface area contributed by atoms with Gasteiger partial charge < -0.3 is 20.6 Å². The first kappa shape index (κ1) is 20.9. The number of anilines is 1.